The number of likely N-dealkylation sites (tertiary alicyclic amines) is 1. The van der Waals surface area contributed by atoms with Gasteiger partial charge in [-0.15, -0.1) is 0 Å². The third kappa shape index (κ3) is 4.57. The SMILES string of the molecule is C(=C1CCN(CCCc2ccccc2)CC1)c1ccccc1. The van der Waals surface area contributed by atoms with Gasteiger partial charge in [-0.1, -0.05) is 72.3 Å². The van der Waals surface area contributed by atoms with E-state index in [4.69, 9.17) is 0 Å². The van der Waals surface area contributed by atoms with E-state index in [1.165, 1.54) is 56.4 Å². The Labute approximate surface area is 134 Å². The molecule has 1 aliphatic rings. The second-order valence-corrected chi connectivity index (χ2v) is 6.14. The highest BCUT2D eigenvalue weighted by atomic mass is 15.1. The Hall–Kier alpha value is -1.86. The van der Waals surface area contributed by atoms with Crippen LogP contribution in [0.3, 0.4) is 0 Å². The predicted octanol–water partition coefficient (Wildman–Crippen LogP) is 4.80. The second kappa shape index (κ2) is 7.95. The zero-order chi connectivity index (χ0) is 15.0. The van der Waals surface area contributed by atoms with Crippen LogP contribution in [0.2, 0.25) is 0 Å². The van der Waals surface area contributed by atoms with Gasteiger partial charge in [-0.2, -0.15) is 0 Å². The smallest absolute Gasteiger partial charge is 0.00188 e. The summed E-state index contributed by atoms with van der Waals surface area (Å²) >= 11 is 0. The highest BCUT2D eigenvalue weighted by Crippen LogP contribution is 2.19. The van der Waals surface area contributed by atoms with Gasteiger partial charge in [0.05, 0.1) is 0 Å². The lowest BCUT2D eigenvalue weighted by Crippen LogP contribution is -2.31. The van der Waals surface area contributed by atoms with E-state index in [1.54, 1.807) is 5.57 Å². The molecule has 1 heterocycles. The van der Waals surface area contributed by atoms with E-state index in [1.807, 2.05) is 0 Å². The number of hydrogen-bond donors (Lipinski definition) is 0. The monoisotopic (exact) mass is 291 g/mol. The minimum Gasteiger partial charge on any atom is -0.303 e. The molecule has 2 aromatic rings. The molecule has 22 heavy (non-hydrogen) atoms. The Kier molecular flexibility index (Phi) is 5.44. The maximum atomic E-state index is 2.62. The van der Waals surface area contributed by atoms with Gasteiger partial charge in [-0.25, -0.2) is 0 Å². The largest absolute Gasteiger partial charge is 0.303 e. The summed E-state index contributed by atoms with van der Waals surface area (Å²) in [7, 11) is 0. The van der Waals surface area contributed by atoms with Gasteiger partial charge in [0.1, 0.15) is 0 Å². The average molecular weight is 291 g/mol. The Bertz CT molecular complexity index is 576. The van der Waals surface area contributed by atoms with Gasteiger partial charge in [-0.3, -0.25) is 0 Å². The van der Waals surface area contributed by atoms with Gasteiger partial charge < -0.3 is 4.90 Å². The van der Waals surface area contributed by atoms with Crippen molar-refractivity contribution >= 4 is 6.08 Å². The van der Waals surface area contributed by atoms with Crippen LogP contribution in [0.1, 0.15) is 30.4 Å². The van der Waals surface area contributed by atoms with Crippen LogP contribution in [0, 0.1) is 0 Å². The first-order valence-electron chi connectivity index (χ1n) is 8.41. The Morgan fingerprint density at radius 2 is 1.45 bits per heavy atom. The molecule has 0 atom stereocenters. The lowest BCUT2D eigenvalue weighted by molar-refractivity contribution is 0.254. The maximum absolute atomic E-state index is 2.62. The average Bonchev–Trinajstić information content (AvgIpc) is 2.58. The molecular weight excluding hydrogens is 266 g/mol. The van der Waals surface area contributed by atoms with Crippen molar-refractivity contribution in [3.05, 3.63) is 77.4 Å². The van der Waals surface area contributed by atoms with Crippen molar-refractivity contribution in [1.29, 1.82) is 0 Å². The molecule has 2 aromatic carbocycles. The molecule has 3 rings (SSSR count). The lowest BCUT2D eigenvalue weighted by atomic mass is 10.0. The molecule has 114 valence electrons. The van der Waals surface area contributed by atoms with Crippen LogP contribution in [0.25, 0.3) is 6.08 Å². The summed E-state index contributed by atoms with van der Waals surface area (Å²) in [5, 5.41) is 0. The molecule has 1 heteroatoms. The minimum absolute atomic E-state index is 1.20. The van der Waals surface area contributed by atoms with Crippen LogP contribution in [0.5, 0.6) is 0 Å². The normalized spacial score (nSPS) is 15.7. The van der Waals surface area contributed by atoms with Crippen molar-refractivity contribution in [2.75, 3.05) is 19.6 Å². The molecule has 1 fully saturated rings. The minimum atomic E-state index is 1.20. The summed E-state index contributed by atoms with van der Waals surface area (Å²) in [5.41, 5.74) is 4.41. The summed E-state index contributed by atoms with van der Waals surface area (Å²) < 4.78 is 0. The fourth-order valence-corrected chi connectivity index (χ4v) is 3.14. The van der Waals surface area contributed by atoms with Crippen LogP contribution in [0.15, 0.2) is 66.2 Å². The lowest BCUT2D eigenvalue weighted by Gasteiger charge is -2.28. The van der Waals surface area contributed by atoms with Crippen LogP contribution in [-0.4, -0.2) is 24.5 Å². The first-order chi connectivity index (χ1) is 10.9. The van der Waals surface area contributed by atoms with Gasteiger partial charge in [0.15, 0.2) is 0 Å². The molecule has 0 spiro atoms. The summed E-state index contributed by atoms with van der Waals surface area (Å²) in [6.07, 6.45) is 7.29. The van der Waals surface area contributed by atoms with Crippen molar-refractivity contribution in [1.82, 2.24) is 4.90 Å². The highest BCUT2D eigenvalue weighted by Gasteiger charge is 2.13. The molecule has 0 bridgehead atoms. The standard InChI is InChI=1S/C21H25N/c1-3-8-19(9-4-1)12-7-15-22-16-13-21(14-17-22)18-20-10-5-2-6-11-20/h1-6,8-11,18H,7,12-17H2. The maximum Gasteiger partial charge on any atom is 0.00188 e. The first kappa shape index (κ1) is 15.1. The molecule has 0 unspecified atom stereocenters. The van der Waals surface area contributed by atoms with Crippen LogP contribution >= 0.6 is 0 Å². The third-order valence-corrected chi connectivity index (χ3v) is 4.45. The number of nitrogens with zero attached hydrogens (tertiary/aromatic N) is 1. The molecular formula is C21H25N. The quantitative estimate of drug-likeness (QED) is 0.765. The van der Waals surface area contributed by atoms with Crippen molar-refractivity contribution in [2.24, 2.45) is 0 Å². The molecule has 1 nitrogen and oxygen atoms in total. The van der Waals surface area contributed by atoms with E-state index in [0.29, 0.717) is 0 Å². The van der Waals surface area contributed by atoms with Crippen molar-refractivity contribution in [3.63, 3.8) is 0 Å². The van der Waals surface area contributed by atoms with Gasteiger partial charge in [0.2, 0.25) is 0 Å². The Balaban J connectivity index is 1.41. The van der Waals surface area contributed by atoms with Crippen molar-refractivity contribution in [3.8, 4) is 0 Å². The number of piperidine rings is 1. The van der Waals surface area contributed by atoms with E-state index < -0.39 is 0 Å². The molecule has 0 aliphatic carbocycles. The van der Waals surface area contributed by atoms with E-state index in [9.17, 15) is 0 Å². The van der Waals surface area contributed by atoms with Gasteiger partial charge in [0, 0.05) is 13.1 Å². The van der Waals surface area contributed by atoms with Gasteiger partial charge in [0.25, 0.3) is 0 Å². The first-order valence-corrected chi connectivity index (χ1v) is 8.41. The molecule has 0 radical (unpaired) electrons. The van der Waals surface area contributed by atoms with E-state index >= 15 is 0 Å². The molecule has 0 N–H and O–H groups in total. The number of hydrogen-bond acceptors (Lipinski definition) is 1. The van der Waals surface area contributed by atoms with E-state index in [2.05, 4.69) is 71.6 Å². The summed E-state index contributed by atoms with van der Waals surface area (Å²) in [5.74, 6) is 0. The third-order valence-electron chi connectivity index (χ3n) is 4.45. The Morgan fingerprint density at radius 1 is 0.818 bits per heavy atom. The molecule has 1 aliphatic heterocycles. The summed E-state index contributed by atoms with van der Waals surface area (Å²) in [6, 6.07) is 21.5. The predicted molar refractivity (Wildman–Crippen MR) is 94.9 cm³/mol. The fourth-order valence-electron chi connectivity index (χ4n) is 3.14. The van der Waals surface area contributed by atoms with Crippen molar-refractivity contribution < 1.29 is 0 Å². The van der Waals surface area contributed by atoms with Gasteiger partial charge in [-0.05, 0) is 43.4 Å². The Morgan fingerprint density at radius 3 is 2.14 bits per heavy atom. The van der Waals surface area contributed by atoms with Gasteiger partial charge >= 0.3 is 0 Å². The number of aryl methyl sites for hydroxylation is 1. The molecule has 0 aromatic heterocycles. The fraction of sp³-hybridized carbons (Fsp3) is 0.333. The van der Waals surface area contributed by atoms with Crippen LogP contribution in [-0.2, 0) is 6.42 Å². The van der Waals surface area contributed by atoms with E-state index in [0.717, 1.165) is 0 Å². The summed E-state index contributed by atoms with van der Waals surface area (Å²) in [6.45, 7) is 3.66. The van der Waals surface area contributed by atoms with Crippen LogP contribution < -0.4 is 0 Å². The molecule has 0 amide bonds. The zero-order valence-corrected chi connectivity index (χ0v) is 13.2. The highest BCUT2D eigenvalue weighted by molar-refractivity contribution is 5.52. The molecule has 0 saturated carbocycles. The van der Waals surface area contributed by atoms with Crippen LogP contribution in [0.4, 0.5) is 0 Å². The molecule has 1 saturated heterocycles. The van der Waals surface area contributed by atoms with E-state index in [-0.39, 0.29) is 0 Å². The summed E-state index contributed by atoms with van der Waals surface area (Å²) in [4.78, 5) is 2.62. The second-order valence-electron chi connectivity index (χ2n) is 6.14. The zero-order valence-electron chi connectivity index (χ0n) is 13.2. The topological polar surface area (TPSA) is 3.24 Å². The van der Waals surface area contributed by atoms with Crippen molar-refractivity contribution in [2.45, 2.75) is 25.7 Å². The number of rotatable bonds is 5. The number of benzene rings is 2.